The fourth-order valence-electron chi connectivity index (χ4n) is 4.01. The second-order valence-electron chi connectivity index (χ2n) is 8.91. The highest BCUT2D eigenvalue weighted by molar-refractivity contribution is 6.10. The molecular formula is C28H28N4O3. The van der Waals surface area contributed by atoms with E-state index >= 15 is 0 Å². The first-order chi connectivity index (χ1) is 17.0. The number of nitrogens with two attached hydrogens (primary N) is 1. The Kier molecular flexibility index (Phi) is 6.25. The van der Waals surface area contributed by atoms with Crippen LogP contribution in [-0.2, 0) is 6.61 Å². The number of hydrogen-bond donors (Lipinski definition) is 3. The minimum absolute atomic E-state index is 0.0980. The maximum atomic E-state index is 13.3. The predicted molar refractivity (Wildman–Crippen MR) is 135 cm³/mol. The summed E-state index contributed by atoms with van der Waals surface area (Å²) >= 11 is 0. The summed E-state index contributed by atoms with van der Waals surface area (Å²) < 4.78 is 5.88. The molecule has 2 aliphatic rings. The summed E-state index contributed by atoms with van der Waals surface area (Å²) in [5.74, 6) is 0.683. The summed E-state index contributed by atoms with van der Waals surface area (Å²) in [6, 6.07) is 22.8. The van der Waals surface area contributed by atoms with Gasteiger partial charge in [0, 0.05) is 23.7 Å². The minimum Gasteiger partial charge on any atom is -0.489 e. The van der Waals surface area contributed by atoms with Gasteiger partial charge in [0.2, 0.25) is 0 Å². The molecule has 7 heteroatoms. The number of ether oxygens (including phenoxy) is 1. The number of nitrogens with zero attached hydrogens (tertiary/aromatic N) is 1. The summed E-state index contributed by atoms with van der Waals surface area (Å²) in [6.07, 6.45) is 2.05. The molecule has 0 aromatic heterocycles. The third-order valence-electron chi connectivity index (χ3n) is 6.21. The molecule has 35 heavy (non-hydrogen) atoms. The van der Waals surface area contributed by atoms with E-state index in [0.29, 0.717) is 34.9 Å². The van der Waals surface area contributed by atoms with Gasteiger partial charge in [-0.3, -0.25) is 14.6 Å². The van der Waals surface area contributed by atoms with Crippen molar-refractivity contribution in [2.45, 2.75) is 32.4 Å². The lowest BCUT2D eigenvalue weighted by Crippen LogP contribution is -2.35. The molecule has 0 spiro atoms. The van der Waals surface area contributed by atoms with E-state index in [9.17, 15) is 9.59 Å². The van der Waals surface area contributed by atoms with Crippen LogP contribution in [0, 0.1) is 6.92 Å². The third-order valence-corrected chi connectivity index (χ3v) is 6.21. The van der Waals surface area contributed by atoms with Gasteiger partial charge in [0.15, 0.2) is 5.78 Å². The molecular weight excluding hydrogens is 440 g/mol. The van der Waals surface area contributed by atoms with Gasteiger partial charge in [-0.15, -0.1) is 0 Å². The van der Waals surface area contributed by atoms with Gasteiger partial charge in [-0.1, -0.05) is 48.5 Å². The van der Waals surface area contributed by atoms with Crippen molar-refractivity contribution in [1.29, 1.82) is 0 Å². The van der Waals surface area contributed by atoms with Gasteiger partial charge < -0.3 is 15.8 Å². The van der Waals surface area contributed by atoms with E-state index in [4.69, 9.17) is 10.5 Å². The molecule has 1 aliphatic carbocycles. The molecule has 3 aromatic rings. The van der Waals surface area contributed by atoms with Gasteiger partial charge in [0.25, 0.3) is 5.91 Å². The van der Waals surface area contributed by atoms with E-state index < -0.39 is 0 Å². The van der Waals surface area contributed by atoms with Crippen LogP contribution in [0.5, 0.6) is 5.75 Å². The fourth-order valence-corrected chi connectivity index (χ4v) is 4.01. The summed E-state index contributed by atoms with van der Waals surface area (Å²) in [5, 5.41) is 4.69. The highest BCUT2D eigenvalue weighted by Gasteiger charge is 2.29. The number of anilines is 1. The molecule has 0 bridgehead atoms. The lowest BCUT2D eigenvalue weighted by molar-refractivity contribution is 0.0950. The number of carbonyl (C=O) groups excluding carboxylic acids is 2. The molecule has 5 rings (SSSR count). The first-order valence-corrected chi connectivity index (χ1v) is 11.7. The SMILES string of the molecule is Cc1ccc(C(=O)NC2CC2)cc1N1NCC(C(=O)c2cccc(OCc3ccccc3)c2)=C1N. The van der Waals surface area contributed by atoms with Crippen LogP contribution in [0.3, 0.4) is 0 Å². The first-order valence-electron chi connectivity index (χ1n) is 11.7. The number of nitrogens with one attached hydrogen (secondary N) is 2. The van der Waals surface area contributed by atoms with Crippen LogP contribution >= 0.6 is 0 Å². The highest BCUT2D eigenvalue weighted by Crippen LogP contribution is 2.28. The number of amides is 1. The van der Waals surface area contributed by atoms with Crippen molar-refractivity contribution in [2.24, 2.45) is 5.73 Å². The van der Waals surface area contributed by atoms with Gasteiger partial charge >= 0.3 is 0 Å². The van der Waals surface area contributed by atoms with Crippen molar-refractivity contribution in [3.05, 3.63) is 106 Å². The second kappa shape index (κ2) is 9.64. The second-order valence-corrected chi connectivity index (χ2v) is 8.91. The largest absolute Gasteiger partial charge is 0.489 e. The van der Waals surface area contributed by atoms with Crippen molar-refractivity contribution in [3.8, 4) is 5.75 Å². The van der Waals surface area contributed by atoms with E-state index in [0.717, 1.165) is 29.7 Å². The Morgan fingerprint density at radius 1 is 1.03 bits per heavy atom. The van der Waals surface area contributed by atoms with Crippen molar-refractivity contribution in [3.63, 3.8) is 0 Å². The number of Topliss-reactive ketones (excluding diaryl/α,β-unsaturated/α-hetero) is 1. The molecule has 1 amide bonds. The molecule has 7 nitrogen and oxygen atoms in total. The van der Waals surface area contributed by atoms with E-state index in [2.05, 4.69) is 10.7 Å². The first kappa shape index (κ1) is 22.7. The number of carbonyl (C=O) groups is 2. The molecule has 0 saturated heterocycles. The zero-order valence-corrected chi connectivity index (χ0v) is 19.6. The zero-order chi connectivity index (χ0) is 24.4. The molecule has 3 aromatic carbocycles. The zero-order valence-electron chi connectivity index (χ0n) is 19.6. The Morgan fingerprint density at radius 2 is 1.83 bits per heavy atom. The fraction of sp³-hybridized carbons (Fsp3) is 0.214. The molecule has 0 unspecified atom stereocenters. The maximum absolute atomic E-state index is 13.3. The Labute approximate surface area is 204 Å². The van der Waals surface area contributed by atoms with Crippen LogP contribution in [0.1, 0.15) is 44.7 Å². The maximum Gasteiger partial charge on any atom is 0.251 e. The number of ketones is 1. The Hall–Kier alpha value is -4.10. The van der Waals surface area contributed by atoms with Gasteiger partial charge in [0.05, 0.1) is 11.3 Å². The van der Waals surface area contributed by atoms with E-state index in [1.165, 1.54) is 0 Å². The van der Waals surface area contributed by atoms with Crippen LogP contribution in [0.2, 0.25) is 0 Å². The summed E-state index contributed by atoms with van der Waals surface area (Å²) in [7, 11) is 0. The number of hydrogen-bond acceptors (Lipinski definition) is 6. The average Bonchev–Trinajstić information content (AvgIpc) is 3.62. The lowest BCUT2D eigenvalue weighted by Gasteiger charge is -2.22. The summed E-state index contributed by atoms with van der Waals surface area (Å²) in [4.78, 5) is 25.9. The van der Waals surface area contributed by atoms with Crippen molar-refractivity contribution >= 4 is 17.4 Å². The van der Waals surface area contributed by atoms with Crippen LogP contribution in [0.4, 0.5) is 5.69 Å². The number of rotatable bonds is 8. The van der Waals surface area contributed by atoms with Crippen LogP contribution in [-0.4, -0.2) is 24.3 Å². The average molecular weight is 469 g/mol. The number of benzene rings is 3. The minimum atomic E-state index is -0.164. The van der Waals surface area contributed by atoms with Gasteiger partial charge in [-0.2, -0.15) is 0 Å². The molecule has 0 atom stereocenters. The van der Waals surface area contributed by atoms with E-state index in [1.807, 2.05) is 49.4 Å². The number of hydrazine groups is 1. The summed E-state index contributed by atoms with van der Waals surface area (Å²) in [6.45, 7) is 2.65. The molecule has 1 aliphatic heterocycles. The number of aryl methyl sites for hydroxylation is 1. The van der Waals surface area contributed by atoms with Crippen molar-refractivity contribution in [1.82, 2.24) is 10.7 Å². The molecule has 1 heterocycles. The molecule has 4 N–H and O–H groups in total. The standard InChI is InChI=1S/C28H28N4O3/c1-18-10-11-21(28(34)31-22-12-13-22)15-25(18)32-27(29)24(16-30-32)26(33)20-8-5-9-23(14-20)35-17-19-6-3-2-4-7-19/h2-11,14-15,22,30H,12-13,16-17,29H2,1H3,(H,31,34). The third kappa shape index (κ3) is 5.05. The molecule has 1 saturated carbocycles. The van der Waals surface area contributed by atoms with Crippen LogP contribution in [0.25, 0.3) is 0 Å². The topological polar surface area (TPSA) is 96.7 Å². The molecule has 178 valence electrons. The van der Waals surface area contributed by atoms with E-state index in [-0.39, 0.29) is 24.3 Å². The van der Waals surface area contributed by atoms with Gasteiger partial charge in [-0.05, 0) is 55.2 Å². The van der Waals surface area contributed by atoms with Crippen LogP contribution in [0.15, 0.2) is 84.2 Å². The summed E-state index contributed by atoms with van der Waals surface area (Å²) in [5.41, 5.74) is 13.9. The Balaban J connectivity index is 1.34. The smallest absolute Gasteiger partial charge is 0.251 e. The predicted octanol–water partition coefficient (Wildman–Crippen LogP) is 3.84. The Morgan fingerprint density at radius 3 is 2.60 bits per heavy atom. The quantitative estimate of drug-likeness (QED) is 0.435. The van der Waals surface area contributed by atoms with Crippen LogP contribution < -0.4 is 26.2 Å². The van der Waals surface area contributed by atoms with Gasteiger partial charge in [0.1, 0.15) is 18.2 Å². The van der Waals surface area contributed by atoms with Crippen molar-refractivity contribution in [2.75, 3.05) is 11.6 Å². The monoisotopic (exact) mass is 468 g/mol. The molecule has 1 fully saturated rings. The van der Waals surface area contributed by atoms with E-state index in [1.54, 1.807) is 35.3 Å². The highest BCUT2D eigenvalue weighted by atomic mass is 16.5. The Bertz CT molecular complexity index is 1300. The van der Waals surface area contributed by atoms with Crippen molar-refractivity contribution < 1.29 is 14.3 Å². The molecule has 0 radical (unpaired) electrons. The lowest BCUT2D eigenvalue weighted by atomic mass is 10.0. The normalized spacial score (nSPS) is 15.3. The van der Waals surface area contributed by atoms with Gasteiger partial charge in [-0.25, -0.2) is 5.43 Å².